The van der Waals surface area contributed by atoms with Crippen LogP contribution in [0.4, 0.5) is 0 Å². The van der Waals surface area contributed by atoms with Gasteiger partial charge < -0.3 is 10.2 Å². The highest BCUT2D eigenvalue weighted by atomic mass is 32.1. The van der Waals surface area contributed by atoms with Crippen molar-refractivity contribution in [3.8, 4) is 0 Å². The van der Waals surface area contributed by atoms with Crippen LogP contribution >= 0.6 is 12.6 Å². The van der Waals surface area contributed by atoms with Crippen LogP contribution in [0.3, 0.4) is 0 Å². The van der Waals surface area contributed by atoms with Crippen LogP contribution < -0.4 is 0 Å². The summed E-state index contributed by atoms with van der Waals surface area (Å²) in [4.78, 5) is 11.2. The molecule has 66 valence electrons. The molecule has 0 bridgehead atoms. The summed E-state index contributed by atoms with van der Waals surface area (Å²) in [7, 11) is 0. The van der Waals surface area contributed by atoms with Crippen molar-refractivity contribution >= 4 is 18.4 Å². The second kappa shape index (κ2) is 3.67. The van der Waals surface area contributed by atoms with Crippen LogP contribution in [-0.2, 0) is 4.79 Å². The first-order chi connectivity index (χ1) is 5.66. The van der Waals surface area contributed by atoms with Crippen LogP contribution in [0.1, 0.15) is 6.42 Å². The van der Waals surface area contributed by atoms with Crippen molar-refractivity contribution in [2.45, 2.75) is 6.42 Å². The normalized spacial score (nSPS) is 23.4. The summed E-state index contributed by atoms with van der Waals surface area (Å²) in [6.45, 7) is 0. The highest BCUT2D eigenvalue weighted by molar-refractivity contribution is 7.80. The van der Waals surface area contributed by atoms with Gasteiger partial charge >= 0.3 is 0 Å². The second-order valence-electron chi connectivity index (χ2n) is 2.57. The number of carbonyl (C=O) groups is 1. The molecule has 1 rings (SSSR count). The smallest absolute Gasteiger partial charge is 0.207 e. The molecule has 0 aliphatic heterocycles. The first-order valence-electron chi connectivity index (χ1n) is 3.61. The maximum absolute atomic E-state index is 11.2. The maximum atomic E-state index is 11.2. The summed E-state index contributed by atoms with van der Waals surface area (Å²) in [6.07, 6.45) is 2.99. The fraction of sp³-hybridized carbons (Fsp3) is 0.375. The standard InChI is InChI=1S/C8H10O3S/c9-6-1-2-7(10)8(11)5(6)3-4-12/h1-2,5,9-10,12H,3-4H2. The molecule has 2 N–H and O–H groups in total. The number of hydrogen-bond acceptors (Lipinski definition) is 4. The third-order valence-corrected chi connectivity index (χ3v) is 2.01. The molecule has 0 spiro atoms. The van der Waals surface area contributed by atoms with Crippen LogP contribution in [0.25, 0.3) is 0 Å². The lowest BCUT2D eigenvalue weighted by molar-refractivity contribution is -0.121. The van der Waals surface area contributed by atoms with Crippen molar-refractivity contribution in [3.63, 3.8) is 0 Å². The van der Waals surface area contributed by atoms with Gasteiger partial charge in [-0.25, -0.2) is 0 Å². The van der Waals surface area contributed by atoms with Crippen LogP contribution in [0.2, 0.25) is 0 Å². The molecule has 0 radical (unpaired) electrons. The third-order valence-electron chi connectivity index (χ3n) is 1.76. The Hall–Kier alpha value is -0.900. The molecule has 1 unspecified atom stereocenters. The van der Waals surface area contributed by atoms with Gasteiger partial charge in [-0.05, 0) is 24.3 Å². The van der Waals surface area contributed by atoms with Gasteiger partial charge in [-0.3, -0.25) is 4.79 Å². The van der Waals surface area contributed by atoms with E-state index in [1.807, 2.05) is 0 Å². The van der Waals surface area contributed by atoms with Gasteiger partial charge in [-0.2, -0.15) is 12.6 Å². The first kappa shape index (κ1) is 9.19. The Bertz CT molecular complexity index is 253. The lowest BCUT2D eigenvalue weighted by Gasteiger charge is -2.16. The van der Waals surface area contributed by atoms with E-state index in [0.29, 0.717) is 12.2 Å². The molecule has 1 aliphatic carbocycles. The van der Waals surface area contributed by atoms with Crippen molar-refractivity contribution in [3.05, 3.63) is 23.7 Å². The lowest BCUT2D eigenvalue weighted by atomic mass is 9.93. The van der Waals surface area contributed by atoms with Gasteiger partial charge in [-0.15, -0.1) is 0 Å². The van der Waals surface area contributed by atoms with Gasteiger partial charge in [0.1, 0.15) is 5.76 Å². The quantitative estimate of drug-likeness (QED) is 0.571. The Morgan fingerprint density at radius 1 is 1.42 bits per heavy atom. The van der Waals surface area contributed by atoms with E-state index in [2.05, 4.69) is 12.6 Å². The molecular formula is C8H10O3S. The van der Waals surface area contributed by atoms with Crippen molar-refractivity contribution < 1.29 is 15.0 Å². The molecule has 0 aromatic heterocycles. The summed E-state index contributed by atoms with van der Waals surface area (Å²) in [5.74, 6) is -0.815. The second-order valence-corrected chi connectivity index (χ2v) is 3.02. The number of hydrogen-bond donors (Lipinski definition) is 3. The number of Topliss-reactive ketones (excluding diaryl/α,β-unsaturated/α-hetero) is 1. The number of ketones is 1. The fourth-order valence-electron chi connectivity index (χ4n) is 1.08. The van der Waals surface area contributed by atoms with Crippen LogP contribution in [0, 0.1) is 5.92 Å². The Morgan fingerprint density at radius 3 is 2.67 bits per heavy atom. The number of aliphatic hydroxyl groups is 2. The van der Waals surface area contributed by atoms with Gasteiger partial charge in [0.15, 0.2) is 5.76 Å². The number of carbonyl (C=O) groups excluding carboxylic acids is 1. The van der Waals surface area contributed by atoms with E-state index in [4.69, 9.17) is 5.11 Å². The first-order valence-corrected chi connectivity index (χ1v) is 4.25. The molecule has 4 heteroatoms. The van der Waals surface area contributed by atoms with Crippen molar-refractivity contribution in [1.82, 2.24) is 0 Å². The molecule has 0 aromatic rings. The van der Waals surface area contributed by atoms with E-state index in [-0.39, 0.29) is 11.5 Å². The van der Waals surface area contributed by atoms with Crippen molar-refractivity contribution in [2.24, 2.45) is 5.92 Å². The zero-order valence-electron chi connectivity index (χ0n) is 6.40. The molecule has 0 aromatic carbocycles. The van der Waals surface area contributed by atoms with Crippen molar-refractivity contribution in [1.29, 1.82) is 0 Å². The lowest BCUT2D eigenvalue weighted by Crippen LogP contribution is -2.22. The molecular weight excluding hydrogens is 176 g/mol. The van der Waals surface area contributed by atoms with Gasteiger partial charge in [0, 0.05) is 0 Å². The van der Waals surface area contributed by atoms with E-state index in [1.54, 1.807) is 0 Å². The van der Waals surface area contributed by atoms with Gasteiger partial charge in [0.2, 0.25) is 5.78 Å². The van der Waals surface area contributed by atoms with Crippen LogP contribution in [0.15, 0.2) is 23.7 Å². The molecule has 1 aliphatic rings. The Morgan fingerprint density at radius 2 is 2.08 bits per heavy atom. The minimum atomic E-state index is -0.604. The minimum absolute atomic E-state index is 0.00634. The number of rotatable bonds is 2. The topological polar surface area (TPSA) is 57.5 Å². The molecule has 0 fully saturated rings. The average Bonchev–Trinajstić information content (AvgIpc) is 2.06. The summed E-state index contributed by atoms with van der Waals surface area (Å²) in [5.41, 5.74) is 0. The molecule has 0 saturated heterocycles. The summed E-state index contributed by atoms with van der Waals surface area (Å²) < 4.78 is 0. The Kier molecular flexibility index (Phi) is 2.81. The van der Waals surface area contributed by atoms with E-state index >= 15 is 0 Å². The molecule has 0 saturated carbocycles. The SMILES string of the molecule is O=C1C(O)=CC=C(O)C1CCS. The van der Waals surface area contributed by atoms with Gasteiger partial charge in [-0.1, -0.05) is 0 Å². The zero-order valence-corrected chi connectivity index (χ0v) is 7.29. The van der Waals surface area contributed by atoms with E-state index in [1.165, 1.54) is 12.2 Å². The predicted molar refractivity (Wildman–Crippen MR) is 48.4 cm³/mol. The number of thiol groups is 1. The highest BCUT2D eigenvalue weighted by Gasteiger charge is 2.27. The van der Waals surface area contributed by atoms with Gasteiger partial charge in [0.25, 0.3) is 0 Å². The van der Waals surface area contributed by atoms with Crippen LogP contribution in [0.5, 0.6) is 0 Å². The van der Waals surface area contributed by atoms with Crippen molar-refractivity contribution in [2.75, 3.05) is 5.75 Å². The monoisotopic (exact) mass is 186 g/mol. The summed E-state index contributed by atoms with van der Waals surface area (Å²) in [5, 5.41) is 18.3. The molecule has 0 amide bonds. The van der Waals surface area contributed by atoms with Crippen LogP contribution in [-0.4, -0.2) is 21.7 Å². The Labute approximate surface area is 75.8 Å². The average molecular weight is 186 g/mol. The zero-order chi connectivity index (χ0) is 9.14. The molecule has 12 heavy (non-hydrogen) atoms. The minimum Gasteiger partial charge on any atom is -0.512 e. The maximum Gasteiger partial charge on any atom is 0.207 e. The molecule has 3 nitrogen and oxygen atoms in total. The van der Waals surface area contributed by atoms with E-state index in [9.17, 15) is 9.90 Å². The predicted octanol–water partition coefficient (Wildman–Crippen LogP) is 1.39. The largest absolute Gasteiger partial charge is 0.512 e. The summed E-state index contributed by atoms with van der Waals surface area (Å²) in [6, 6.07) is 0. The fourth-order valence-corrected chi connectivity index (χ4v) is 1.34. The van der Waals surface area contributed by atoms with E-state index < -0.39 is 11.7 Å². The number of allylic oxidation sites excluding steroid dienone is 4. The third kappa shape index (κ3) is 1.64. The summed E-state index contributed by atoms with van der Waals surface area (Å²) >= 11 is 3.95. The van der Waals surface area contributed by atoms with Gasteiger partial charge in [0.05, 0.1) is 5.92 Å². The highest BCUT2D eigenvalue weighted by Crippen LogP contribution is 2.22. The molecule has 0 heterocycles. The van der Waals surface area contributed by atoms with E-state index in [0.717, 1.165) is 0 Å². The number of aliphatic hydroxyl groups excluding tert-OH is 2. The molecule has 1 atom stereocenters. The Balaban J connectivity index is 2.82.